The molecule has 1 N–H and O–H groups in total. The number of benzene rings is 2. The SMILES string of the molecule is COc1ccc(CNC(=O)c2cnc(-c3ccccc3)o2)cc1OC. The van der Waals surface area contributed by atoms with E-state index in [1.807, 2.05) is 42.5 Å². The molecule has 1 aromatic heterocycles. The molecule has 6 nitrogen and oxygen atoms in total. The van der Waals surface area contributed by atoms with Gasteiger partial charge in [-0.25, -0.2) is 4.98 Å². The van der Waals surface area contributed by atoms with Gasteiger partial charge in [-0.15, -0.1) is 0 Å². The summed E-state index contributed by atoms with van der Waals surface area (Å²) in [6.07, 6.45) is 1.42. The molecule has 2 aromatic carbocycles. The molecule has 1 heterocycles. The van der Waals surface area contributed by atoms with Gasteiger partial charge in [0.2, 0.25) is 11.7 Å². The van der Waals surface area contributed by atoms with Crippen molar-refractivity contribution in [1.29, 1.82) is 0 Å². The van der Waals surface area contributed by atoms with E-state index in [4.69, 9.17) is 13.9 Å². The fourth-order valence-electron chi connectivity index (χ4n) is 2.35. The number of carbonyl (C=O) groups is 1. The van der Waals surface area contributed by atoms with E-state index in [0.717, 1.165) is 11.1 Å². The van der Waals surface area contributed by atoms with Crippen molar-refractivity contribution >= 4 is 5.91 Å². The normalized spacial score (nSPS) is 10.3. The topological polar surface area (TPSA) is 73.6 Å². The van der Waals surface area contributed by atoms with Crippen molar-refractivity contribution < 1.29 is 18.7 Å². The van der Waals surface area contributed by atoms with E-state index < -0.39 is 0 Å². The molecule has 6 heteroatoms. The number of aromatic nitrogens is 1. The summed E-state index contributed by atoms with van der Waals surface area (Å²) in [6.45, 7) is 0.334. The molecule has 0 aliphatic heterocycles. The molecule has 128 valence electrons. The van der Waals surface area contributed by atoms with Crippen molar-refractivity contribution in [3.8, 4) is 23.0 Å². The summed E-state index contributed by atoms with van der Waals surface area (Å²) in [5.41, 5.74) is 1.70. The number of ether oxygens (including phenoxy) is 2. The predicted octanol–water partition coefficient (Wildman–Crippen LogP) is 3.29. The lowest BCUT2D eigenvalue weighted by Gasteiger charge is -2.09. The molecular formula is C19H18N2O4. The summed E-state index contributed by atoms with van der Waals surface area (Å²) in [7, 11) is 3.15. The summed E-state index contributed by atoms with van der Waals surface area (Å²) in [4.78, 5) is 16.4. The first-order valence-electron chi connectivity index (χ1n) is 7.71. The van der Waals surface area contributed by atoms with Crippen LogP contribution in [0.25, 0.3) is 11.5 Å². The van der Waals surface area contributed by atoms with Crippen molar-refractivity contribution in [1.82, 2.24) is 10.3 Å². The van der Waals surface area contributed by atoms with E-state index in [0.29, 0.717) is 23.9 Å². The van der Waals surface area contributed by atoms with Crippen LogP contribution in [0.1, 0.15) is 16.1 Å². The molecule has 0 radical (unpaired) electrons. The molecule has 3 rings (SSSR count). The van der Waals surface area contributed by atoms with Gasteiger partial charge in [0.1, 0.15) is 0 Å². The first-order valence-corrected chi connectivity index (χ1v) is 7.71. The van der Waals surface area contributed by atoms with Crippen LogP contribution in [0.5, 0.6) is 11.5 Å². The molecular weight excluding hydrogens is 320 g/mol. The summed E-state index contributed by atoms with van der Waals surface area (Å²) in [5.74, 6) is 1.50. The molecule has 0 fully saturated rings. The van der Waals surface area contributed by atoms with E-state index in [9.17, 15) is 4.79 Å². The van der Waals surface area contributed by atoms with Gasteiger partial charge in [-0.1, -0.05) is 24.3 Å². The second kappa shape index (κ2) is 7.53. The number of amides is 1. The monoisotopic (exact) mass is 338 g/mol. The Bertz CT molecular complexity index is 859. The Kier molecular flexibility index (Phi) is 4.99. The van der Waals surface area contributed by atoms with E-state index in [1.165, 1.54) is 6.20 Å². The minimum atomic E-state index is -0.329. The number of methoxy groups -OCH3 is 2. The second-order valence-corrected chi connectivity index (χ2v) is 5.27. The van der Waals surface area contributed by atoms with Gasteiger partial charge in [0.15, 0.2) is 11.5 Å². The third-order valence-corrected chi connectivity index (χ3v) is 3.65. The molecule has 1 amide bonds. The van der Waals surface area contributed by atoms with E-state index in [2.05, 4.69) is 10.3 Å². The maximum absolute atomic E-state index is 12.2. The van der Waals surface area contributed by atoms with Crippen molar-refractivity contribution in [3.05, 3.63) is 66.1 Å². The van der Waals surface area contributed by atoms with Crippen molar-refractivity contribution in [3.63, 3.8) is 0 Å². The average Bonchev–Trinajstić information content (AvgIpc) is 3.17. The zero-order valence-electron chi connectivity index (χ0n) is 14.0. The van der Waals surface area contributed by atoms with Crippen molar-refractivity contribution in [2.24, 2.45) is 0 Å². The van der Waals surface area contributed by atoms with E-state index >= 15 is 0 Å². The van der Waals surface area contributed by atoms with Crippen molar-refractivity contribution in [2.75, 3.05) is 14.2 Å². The van der Waals surface area contributed by atoms with Crippen LogP contribution in [-0.2, 0) is 6.54 Å². The molecule has 0 unspecified atom stereocenters. The lowest BCUT2D eigenvalue weighted by Crippen LogP contribution is -2.22. The Balaban J connectivity index is 1.66. The van der Waals surface area contributed by atoms with Gasteiger partial charge in [-0.2, -0.15) is 0 Å². The summed E-state index contributed by atoms with van der Waals surface area (Å²) < 4.78 is 16.0. The van der Waals surface area contributed by atoms with Crippen LogP contribution >= 0.6 is 0 Å². The number of oxazole rings is 1. The first kappa shape index (κ1) is 16.6. The highest BCUT2D eigenvalue weighted by molar-refractivity contribution is 5.91. The third kappa shape index (κ3) is 3.80. The van der Waals surface area contributed by atoms with Gasteiger partial charge in [-0.3, -0.25) is 4.79 Å². The Morgan fingerprint density at radius 1 is 1.08 bits per heavy atom. The summed E-state index contributed by atoms with van der Waals surface area (Å²) >= 11 is 0. The standard InChI is InChI=1S/C19H18N2O4/c1-23-15-9-8-13(10-16(15)24-2)11-20-18(22)17-12-21-19(25-17)14-6-4-3-5-7-14/h3-10,12H,11H2,1-2H3,(H,20,22). The van der Waals surface area contributed by atoms with Crippen LogP contribution in [0, 0.1) is 0 Å². The first-order chi connectivity index (χ1) is 12.2. The molecule has 0 aliphatic rings. The van der Waals surface area contributed by atoms with Crippen LogP contribution < -0.4 is 14.8 Å². The van der Waals surface area contributed by atoms with Gasteiger partial charge in [0.05, 0.1) is 20.4 Å². The predicted molar refractivity (Wildman–Crippen MR) is 92.7 cm³/mol. The number of hydrogen-bond donors (Lipinski definition) is 1. The quantitative estimate of drug-likeness (QED) is 0.746. The molecule has 0 spiro atoms. The molecule has 25 heavy (non-hydrogen) atoms. The summed E-state index contributed by atoms with van der Waals surface area (Å²) in [5, 5.41) is 2.80. The Hall–Kier alpha value is -3.28. The Labute approximate surface area is 145 Å². The van der Waals surface area contributed by atoms with Crippen LogP contribution in [0.3, 0.4) is 0 Å². The minimum absolute atomic E-state index is 0.166. The molecule has 0 saturated carbocycles. The Morgan fingerprint density at radius 2 is 1.84 bits per heavy atom. The number of nitrogens with zero attached hydrogens (tertiary/aromatic N) is 1. The maximum Gasteiger partial charge on any atom is 0.288 e. The van der Waals surface area contributed by atoms with Gasteiger partial charge < -0.3 is 19.2 Å². The highest BCUT2D eigenvalue weighted by atomic mass is 16.5. The second-order valence-electron chi connectivity index (χ2n) is 5.27. The average molecular weight is 338 g/mol. The third-order valence-electron chi connectivity index (χ3n) is 3.65. The smallest absolute Gasteiger partial charge is 0.288 e. The summed E-state index contributed by atoms with van der Waals surface area (Å²) in [6, 6.07) is 14.9. The van der Waals surface area contributed by atoms with E-state index in [-0.39, 0.29) is 11.7 Å². The van der Waals surface area contributed by atoms with Crippen LogP contribution in [-0.4, -0.2) is 25.1 Å². The number of hydrogen-bond acceptors (Lipinski definition) is 5. The Morgan fingerprint density at radius 3 is 2.56 bits per heavy atom. The van der Waals surface area contributed by atoms with Crippen LogP contribution in [0.2, 0.25) is 0 Å². The molecule has 0 saturated heterocycles. The number of carbonyl (C=O) groups excluding carboxylic acids is 1. The van der Waals surface area contributed by atoms with Gasteiger partial charge in [0.25, 0.3) is 5.91 Å². The van der Waals surface area contributed by atoms with Gasteiger partial charge >= 0.3 is 0 Å². The van der Waals surface area contributed by atoms with Gasteiger partial charge in [-0.05, 0) is 29.8 Å². The van der Waals surface area contributed by atoms with Crippen molar-refractivity contribution in [2.45, 2.75) is 6.54 Å². The molecule has 0 bridgehead atoms. The molecule has 3 aromatic rings. The zero-order valence-corrected chi connectivity index (χ0v) is 14.0. The fourth-order valence-corrected chi connectivity index (χ4v) is 2.35. The van der Waals surface area contributed by atoms with Gasteiger partial charge in [0, 0.05) is 12.1 Å². The zero-order chi connectivity index (χ0) is 17.6. The highest BCUT2D eigenvalue weighted by Gasteiger charge is 2.13. The fraction of sp³-hybridized carbons (Fsp3) is 0.158. The number of rotatable bonds is 6. The largest absolute Gasteiger partial charge is 0.493 e. The lowest BCUT2D eigenvalue weighted by molar-refractivity contribution is 0.0924. The highest BCUT2D eigenvalue weighted by Crippen LogP contribution is 2.27. The van der Waals surface area contributed by atoms with Crippen LogP contribution in [0.15, 0.2) is 59.1 Å². The van der Waals surface area contributed by atoms with E-state index in [1.54, 1.807) is 20.3 Å². The number of nitrogens with one attached hydrogen (secondary N) is 1. The molecule has 0 aliphatic carbocycles. The van der Waals surface area contributed by atoms with Crippen LogP contribution in [0.4, 0.5) is 0 Å². The lowest BCUT2D eigenvalue weighted by atomic mass is 10.2. The molecule has 0 atom stereocenters. The maximum atomic E-state index is 12.2. The minimum Gasteiger partial charge on any atom is -0.493 e.